The van der Waals surface area contributed by atoms with E-state index in [0.29, 0.717) is 12.0 Å². The summed E-state index contributed by atoms with van der Waals surface area (Å²) in [6, 6.07) is 6.21. The molecule has 1 aromatic heterocycles. The molecule has 0 bridgehead atoms. The molecule has 1 atom stereocenters. The second-order valence-electron chi connectivity index (χ2n) is 9.37. The van der Waals surface area contributed by atoms with E-state index >= 15 is 0 Å². The Morgan fingerprint density at radius 1 is 1.21 bits per heavy atom. The summed E-state index contributed by atoms with van der Waals surface area (Å²) in [6.45, 7) is 7.08. The van der Waals surface area contributed by atoms with Gasteiger partial charge in [0.15, 0.2) is 5.82 Å². The topological polar surface area (TPSA) is 25.6 Å². The first-order valence-electron chi connectivity index (χ1n) is 12.7. The molecule has 2 aromatic rings. The van der Waals surface area contributed by atoms with Crippen LogP contribution in [0, 0.1) is 10.5 Å². The van der Waals surface area contributed by atoms with Crippen molar-refractivity contribution in [3.63, 3.8) is 0 Å². The summed E-state index contributed by atoms with van der Waals surface area (Å²) in [7, 11) is 2.13. The monoisotopic (exact) mass is 493 g/mol. The van der Waals surface area contributed by atoms with Gasteiger partial charge in [-0.3, -0.25) is 4.90 Å². The smallest absolute Gasteiger partial charge is 0.226 e. The molecule has 0 saturated heterocycles. The summed E-state index contributed by atoms with van der Waals surface area (Å²) in [5.41, 5.74) is 1.50. The van der Waals surface area contributed by atoms with E-state index < -0.39 is 0 Å². The molecule has 1 fully saturated rings. The average molecular weight is 494 g/mol. The van der Waals surface area contributed by atoms with Gasteiger partial charge < -0.3 is 9.15 Å². The Hall–Kier alpha value is -0.950. The summed E-state index contributed by atoms with van der Waals surface area (Å²) >= 11 is 7.10. The molecule has 0 spiro atoms. The van der Waals surface area contributed by atoms with Gasteiger partial charge in [0.2, 0.25) is 4.71 Å². The third kappa shape index (κ3) is 7.78. The summed E-state index contributed by atoms with van der Waals surface area (Å²) in [5.74, 6) is -0.0644. The zero-order chi connectivity index (χ0) is 23.6. The fourth-order valence-corrected chi connectivity index (χ4v) is 6.10. The molecule has 33 heavy (non-hydrogen) atoms. The summed E-state index contributed by atoms with van der Waals surface area (Å²) in [4.78, 5) is 3.42. The zero-order valence-corrected chi connectivity index (χ0v) is 22.2. The first kappa shape index (κ1) is 26.7. The van der Waals surface area contributed by atoms with Gasteiger partial charge in [-0.2, -0.15) is 0 Å². The minimum atomic E-state index is -0.327. The molecule has 1 aliphatic carbocycles. The minimum Gasteiger partial charge on any atom is -0.442 e. The van der Waals surface area contributed by atoms with Crippen molar-refractivity contribution in [2.24, 2.45) is 0 Å². The zero-order valence-electron chi connectivity index (χ0n) is 20.5. The van der Waals surface area contributed by atoms with Crippen molar-refractivity contribution in [3.8, 4) is 0 Å². The van der Waals surface area contributed by atoms with E-state index in [9.17, 15) is 4.39 Å². The van der Waals surface area contributed by atoms with Crippen LogP contribution < -0.4 is 0 Å². The Kier molecular flexibility index (Phi) is 11.2. The highest BCUT2D eigenvalue weighted by atomic mass is 32.2. The molecule has 6 heteroatoms. The van der Waals surface area contributed by atoms with Crippen molar-refractivity contribution in [2.45, 2.75) is 94.1 Å². The molecule has 3 nitrogen and oxygen atoms in total. The summed E-state index contributed by atoms with van der Waals surface area (Å²) in [5, 5.41) is 1.41. The van der Waals surface area contributed by atoms with E-state index in [1.807, 2.05) is 17.8 Å². The van der Waals surface area contributed by atoms with Gasteiger partial charge in [-0.05, 0) is 88.5 Å². The maximum absolute atomic E-state index is 14.9. The molecule has 0 amide bonds. The normalized spacial score (nSPS) is 15.7. The number of thioether (sulfide) groups is 1. The van der Waals surface area contributed by atoms with Gasteiger partial charge in [-0.15, -0.1) is 11.8 Å². The highest BCUT2D eigenvalue weighted by Crippen LogP contribution is 2.40. The van der Waals surface area contributed by atoms with E-state index in [2.05, 4.69) is 37.9 Å². The predicted octanol–water partition coefficient (Wildman–Crippen LogP) is 8.71. The SMILES string of the molecule is CCCCCN(C)COCCCC(CC)Sc1ccc2c(C3CCCC3)c(F)c(=S)oc2c1. The van der Waals surface area contributed by atoms with Crippen molar-refractivity contribution < 1.29 is 13.5 Å². The third-order valence-corrected chi connectivity index (χ3v) is 8.34. The Labute approximate surface area is 208 Å². The lowest BCUT2D eigenvalue weighted by Gasteiger charge is -2.18. The number of halogens is 1. The lowest BCUT2D eigenvalue weighted by molar-refractivity contribution is 0.0402. The van der Waals surface area contributed by atoms with Crippen LogP contribution in [0.1, 0.15) is 89.5 Å². The lowest BCUT2D eigenvalue weighted by atomic mass is 9.94. The number of unbranched alkanes of at least 4 members (excludes halogenated alkanes) is 2. The number of hydrogen-bond acceptors (Lipinski definition) is 5. The van der Waals surface area contributed by atoms with E-state index in [-0.39, 0.29) is 16.4 Å². The predicted molar refractivity (Wildman–Crippen MR) is 140 cm³/mol. The number of hydrogen-bond donors (Lipinski definition) is 0. The van der Waals surface area contributed by atoms with Crippen molar-refractivity contribution in [2.75, 3.05) is 26.9 Å². The average Bonchev–Trinajstić information content (AvgIpc) is 3.33. The Balaban J connectivity index is 1.54. The van der Waals surface area contributed by atoms with Crippen molar-refractivity contribution in [1.29, 1.82) is 0 Å². The second-order valence-corrected chi connectivity index (χ2v) is 11.1. The lowest BCUT2D eigenvalue weighted by Crippen LogP contribution is -2.23. The molecule has 184 valence electrons. The standard InChI is InChI=1S/C27H40FNO2S2/c1-4-6-9-16-29(3)19-30-17-10-13-21(5-2)33-22-14-15-23-24(18-22)31-27(32)26(28)25(23)20-11-7-8-12-20/h14-15,18,20-21H,4-13,16-17,19H2,1-3H3. The van der Waals surface area contributed by atoms with Gasteiger partial charge in [0.25, 0.3) is 0 Å². The Morgan fingerprint density at radius 3 is 2.73 bits per heavy atom. The van der Waals surface area contributed by atoms with Crippen LogP contribution in [-0.2, 0) is 4.74 Å². The number of ether oxygens (including phenoxy) is 1. The molecular weight excluding hydrogens is 453 g/mol. The largest absolute Gasteiger partial charge is 0.442 e. The molecular formula is C27H40FNO2S2. The fraction of sp³-hybridized carbons (Fsp3) is 0.667. The number of nitrogens with zero attached hydrogens (tertiary/aromatic N) is 1. The van der Waals surface area contributed by atoms with Crippen LogP contribution in [0.4, 0.5) is 4.39 Å². The molecule has 3 rings (SSSR count). The number of benzene rings is 1. The second kappa shape index (κ2) is 13.8. The van der Waals surface area contributed by atoms with Crippen molar-refractivity contribution in [1.82, 2.24) is 4.90 Å². The first-order chi connectivity index (χ1) is 16.0. The van der Waals surface area contributed by atoms with Crippen LogP contribution in [0.15, 0.2) is 27.5 Å². The Bertz CT molecular complexity index is 926. The van der Waals surface area contributed by atoms with Gasteiger partial charge in [-0.1, -0.05) is 39.5 Å². The molecule has 1 saturated carbocycles. The van der Waals surface area contributed by atoms with Crippen LogP contribution in [0.3, 0.4) is 0 Å². The molecule has 1 unspecified atom stereocenters. The number of fused-ring (bicyclic) bond motifs is 1. The van der Waals surface area contributed by atoms with E-state index in [0.717, 1.165) is 79.5 Å². The van der Waals surface area contributed by atoms with E-state index in [1.165, 1.54) is 19.3 Å². The van der Waals surface area contributed by atoms with Crippen molar-refractivity contribution in [3.05, 3.63) is 34.3 Å². The van der Waals surface area contributed by atoms with Gasteiger partial charge in [-0.25, -0.2) is 4.39 Å². The first-order valence-corrected chi connectivity index (χ1v) is 14.0. The van der Waals surface area contributed by atoms with Gasteiger partial charge >= 0.3 is 0 Å². The minimum absolute atomic E-state index is 0.00426. The van der Waals surface area contributed by atoms with E-state index in [1.54, 1.807) is 0 Å². The van der Waals surface area contributed by atoms with Gasteiger partial charge in [0.1, 0.15) is 5.58 Å². The quantitative estimate of drug-likeness (QED) is 0.113. The summed E-state index contributed by atoms with van der Waals surface area (Å²) in [6.07, 6.45) is 11.4. The van der Waals surface area contributed by atoms with E-state index in [4.69, 9.17) is 21.4 Å². The third-order valence-electron chi connectivity index (χ3n) is 6.65. The molecule has 1 aliphatic rings. The highest BCUT2D eigenvalue weighted by Gasteiger charge is 2.25. The van der Waals surface area contributed by atoms with Crippen LogP contribution >= 0.6 is 24.0 Å². The maximum Gasteiger partial charge on any atom is 0.226 e. The van der Waals surface area contributed by atoms with Crippen LogP contribution in [-0.4, -0.2) is 37.1 Å². The molecule has 1 heterocycles. The van der Waals surface area contributed by atoms with Gasteiger partial charge in [0.05, 0.1) is 6.73 Å². The molecule has 0 radical (unpaired) electrons. The molecule has 0 N–H and O–H groups in total. The van der Waals surface area contributed by atoms with Crippen molar-refractivity contribution >= 4 is 34.9 Å². The number of rotatable bonds is 14. The fourth-order valence-electron chi connectivity index (χ4n) is 4.74. The van der Waals surface area contributed by atoms with Crippen LogP contribution in [0.25, 0.3) is 11.0 Å². The highest BCUT2D eigenvalue weighted by molar-refractivity contribution is 8.00. The summed E-state index contributed by atoms with van der Waals surface area (Å²) < 4.78 is 26.4. The molecule has 0 aliphatic heterocycles. The maximum atomic E-state index is 14.9. The van der Waals surface area contributed by atoms with Crippen LogP contribution in [0.5, 0.6) is 0 Å². The van der Waals surface area contributed by atoms with Gasteiger partial charge in [0, 0.05) is 27.7 Å². The van der Waals surface area contributed by atoms with Crippen LogP contribution in [0.2, 0.25) is 0 Å². The molecule has 1 aromatic carbocycles. The Morgan fingerprint density at radius 2 is 2.00 bits per heavy atom.